The number of hydrogen-bond donors (Lipinski definition) is 1. The lowest BCUT2D eigenvalue weighted by atomic mass is 9.94. The quantitative estimate of drug-likeness (QED) is 0.551. The zero-order valence-corrected chi connectivity index (χ0v) is 18.0. The largest absolute Gasteiger partial charge is 0.455 e. The van der Waals surface area contributed by atoms with Crippen molar-refractivity contribution in [2.75, 3.05) is 25.0 Å². The first-order valence-electron chi connectivity index (χ1n) is 10.6. The third kappa shape index (κ3) is 4.30. The first-order chi connectivity index (χ1) is 14.3. The Labute approximate surface area is 177 Å². The Balaban J connectivity index is 1.37. The van der Waals surface area contributed by atoms with Gasteiger partial charge in [-0.2, -0.15) is 4.31 Å². The van der Waals surface area contributed by atoms with Gasteiger partial charge in [0, 0.05) is 18.8 Å². The molecule has 1 aliphatic heterocycles. The van der Waals surface area contributed by atoms with Crippen LogP contribution in [-0.2, 0) is 24.3 Å². The van der Waals surface area contributed by atoms with Crippen molar-refractivity contribution in [3.63, 3.8) is 0 Å². The number of fused-ring (bicyclic) bond motifs is 2. The Morgan fingerprint density at radius 3 is 2.57 bits per heavy atom. The third-order valence-corrected chi connectivity index (χ3v) is 8.37. The highest BCUT2D eigenvalue weighted by molar-refractivity contribution is 7.89. The van der Waals surface area contributed by atoms with Gasteiger partial charge in [0.25, 0.3) is 5.91 Å². The summed E-state index contributed by atoms with van der Waals surface area (Å²) in [5, 5.41) is 2.65. The van der Waals surface area contributed by atoms with E-state index < -0.39 is 15.9 Å². The van der Waals surface area contributed by atoms with Crippen molar-refractivity contribution < 1.29 is 22.7 Å². The summed E-state index contributed by atoms with van der Waals surface area (Å²) in [6.45, 7) is 2.41. The van der Waals surface area contributed by atoms with Crippen LogP contribution in [0.25, 0.3) is 0 Å². The fourth-order valence-corrected chi connectivity index (χ4v) is 6.46. The highest BCUT2D eigenvalue weighted by Crippen LogP contribution is 2.43. The molecular formula is C22H28N2O5S. The molecule has 2 bridgehead atoms. The highest BCUT2D eigenvalue weighted by Gasteiger charge is 2.40. The maximum atomic E-state index is 13.0. The zero-order chi connectivity index (χ0) is 21.3. The molecule has 8 heteroatoms. The normalized spacial score (nSPS) is 26.0. The van der Waals surface area contributed by atoms with Gasteiger partial charge >= 0.3 is 5.97 Å². The standard InChI is InChI=1S/C22H28N2O5S/c1-15-5-8-18(13-20(15)30(27,28)24-9-3-2-4-10-24)23-21(25)14-29-22(26)19-12-16-6-7-17(19)11-16/h5-8,13,16-17,19H,2-4,9-12,14H2,1H3,(H,23,25)/t16-,17-,19-/m0/s1. The molecule has 4 rings (SSSR count). The minimum absolute atomic E-state index is 0.159. The molecule has 1 N–H and O–H groups in total. The third-order valence-electron chi connectivity index (χ3n) is 6.33. The minimum atomic E-state index is -3.60. The van der Waals surface area contributed by atoms with Crippen molar-refractivity contribution in [3.05, 3.63) is 35.9 Å². The van der Waals surface area contributed by atoms with Gasteiger partial charge in [0.1, 0.15) is 0 Å². The highest BCUT2D eigenvalue weighted by atomic mass is 32.2. The summed E-state index contributed by atoms with van der Waals surface area (Å²) in [4.78, 5) is 24.8. The molecule has 0 spiro atoms. The molecule has 0 radical (unpaired) electrons. The number of sulfonamides is 1. The van der Waals surface area contributed by atoms with Gasteiger partial charge < -0.3 is 10.1 Å². The van der Waals surface area contributed by atoms with Crippen molar-refractivity contribution in [2.45, 2.75) is 43.9 Å². The summed E-state index contributed by atoms with van der Waals surface area (Å²) in [6.07, 6.45) is 8.75. The smallest absolute Gasteiger partial charge is 0.310 e. The molecule has 162 valence electrons. The average molecular weight is 433 g/mol. The van der Waals surface area contributed by atoms with Gasteiger partial charge in [0.15, 0.2) is 6.61 Å². The lowest BCUT2D eigenvalue weighted by Crippen LogP contribution is -2.36. The second kappa shape index (κ2) is 8.51. The van der Waals surface area contributed by atoms with Crippen LogP contribution in [0, 0.1) is 24.7 Å². The van der Waals surface area contributed by atoms with Crippen molar-refractivity contribution in [2.24, 2.45) is 17.8 Å². The van der Waals surface area contributed by atoms with E-state index in [2.05, 4.69) is 17.5 Å². The van der Waals surface area contributed by atoms with E-state index in [1.165, 1.54) is 10.4 Å². The number of nitrogens with one attached hydrogen (secondary N) is 1. The number of anilines is 1. The van der Waals surface area contributed by atoms with Gasteiger partial charge in [-0.1, -0.05) is 24.6 Å². The molecule has 1 saturated carbocycles. The summed E-state index contributed by atoms with van der Waals surface area (Å²) < 4.78 is 32.7. The predicted molar refractivity (Wildman–Crippen MR) is 112 cm³/mol. The lowest BCUT2D eigenvalue weighted by Gasteiger charge is -2.26. The van der Waals surface area contributed by atoms with Crippen molar-refractivity contribution in [1.82, 2.24) is 4.31 Å². The van der Waals surface area contributed by atoms with Crippen LogP contribution in [0.3, 0.4) is 0 Å². The van der Waals surface area contributed by atoms with Crippen LogP contribution >= 0.6 is 0 Å². The fourth-order valence-electron chi connectivity index (χ4n) is 4.69. The zero-order valence-electron chi connectivity index (χ0n) is 17.2. The molecule has 1 aromatic carbocycles. The Morgan fingerprint density at radius 2 is 1.90 bits per heavy atom. The van der Waals surface area contributed by atoms with Gasteiger partial charge in [-0.15, -0.1) is 0 Å². The van der Waals surface area contributed by atoms with E-state index in [9.17, 15) is 18.0 Å². The number of piperidine rings is 1. The fraction of sp³-hybridized carbons (Fsp3) is 0.545. The summed E-state index contributed by atoms with van der Waals surface area (Å²) in [5.74, 6) is -0.292. The Kier molecular flexibility index (Phi) is 5.97. The second-order valence-electron chi connectivity index (χ2n) is 8.49. The summed E-state index contributed by atoms with van der Waals surface area (Å²) in [6, 6.07) is 4.82. The Bertz CT molecular complexity index is 966. The number of carbonyl (C=O) groups excluding carboxylic acids is 2. The van der Waals surface area contributed by atoms with Crippen LogP contribution in [0.5, 0.6) is 0 Å². The molecule has 0 unspecified atom stereocenters. The van der Waals surface area contributed by atoms with Crippen LogP contribution in [0.4, 0.5) is 5.69 Å². The number of esters is 1. The number of aryl methyl sites for hydroxylation is 1. The number of ether oxygens (including phenoxy) is 1. The van der Waals surface area contributed by atoms with Crippen LogP contribution in [0.15, 0.2) is 35.2 Å². The van der Waals surface area contributed by atoms with Gasteiger partial charge in [-0.3, -0.25) is 9.59 Å². The summed E-state index contributed by atoms with van der Waals surface area (Å²) in [7, 11) is -3.60. The molecule has 30 heavy (non-hydrogen) atoms. The van der Waals surface area contributed by atoms with Gasteiger partial charge in [-0.05, 0) is 62.1 Å². The van der Waals surface area contributed by atoms with Gasteiger partial charge in [-0.25, -0.2) is 8.42 Å². The minimum Gasteiger partial charge on any atom is -0.455 e. The maximum Gasteiger partial charge on any atom is 0.310 e. The molecule has 1 amide bonds. The molecule has 1 heterocycles. The lowest BCUT2D eigenvalue weighted by molar-refractivity contribution is -0.152. The Hall–Kier alpha value is -2.19. The molecule has 2 fully saturated rings. The van der Waals surface area contributed by atoms with Crippen LogP contribution in [0.1, 0.15) is 37.7 Å². The number of carbonyl (C=O) groups is 2. The van der Waals surface area contributed by atoms with E-state index in [-0.39, 0.29) is 29.3 Å². The van der Waals surface area contributed by atoms with Crippen LogP contribution in [0.2, 0.25) is 0 Å². The molecule has 0 aromatic heterocycles. The van der Waals surface area contributed by atoms with Crippen molar-refractivity contribution in [1.29, 1.82) is 0 Å². The van der Waals surface area contributed by atoms with E-state index in [1.807, 2.05) is 0 Å². The molecule has 1 saturated heterocycles. The van der Waals surface area contributed by atoms with Crippen LogP contribution in [-0.4, -0.2) is 44.3 Å². The molecule has 2 aliphatic carbocycles. The van der Waals surface area contributed by atoms with E-state index in [0.29, 0.717) is 30.3 Å². The van der Waals surface area contributed by atoms with E-state index >= 15 is 0 Å². The monoisotopic (exact) mass is 432 g/mol. The number of benzene rings is 1. The first kappa shape index (κ1) is 21.1. The Morgan fingerprint density at radius 1 is 1.13 bits per heavy atom. The average Bonchev–Trinajstić information content (AvgIpc) is 3.38. The molecule has 1 aromatic rings. The maximum absolute atomic E-state index is 13.0. The van der Waals surface area contributed by atoms with E-state index in [4.69, 9.17) is 4.74 Å². The number of nitrogens with zero attached hydrogens (tertiary/aromatic N) is 1. The first-order valence-corrected chi connectivity index (χ1v) is 12.0. The topological polar surface area (TPSA) is 92.8 Å². The summed E-state index contributed by atoms with van der Waals surface area (Å²) >= 11 is 0. The molecule has 3 aliphatic rings. The summed E-state index contributed by atoms with van der Waals surface area (Å²) in [5.41, 5.74) is 1.01. The van der Waals surface area contributed by atoms with Crippen LogP contribution < -0.4 is 5.32 Å². The van der Waals surface area contributed by atoms with Gasteiger partial charge in [0.05, 0.1) is 10.8 Å². The van der Waals surface area contributed by atoms with Crippen molar-refractivity contribution >= 4 is 27.6 Å². The predicted octanol–water partition coefficient (Wildman–Crippen LogP) is 2.86. The molecular weight excluding hydrogens is 404 g/mol. The van der Waals surface area contributed by atoms with Gasteiger partial charge in [0.2, 0.25) is 10.0 Å². The molecule has 3 atom stereocenters. The van der Waals surface area contributed by atoms with E-state index in [1.54, 1.807) is 19.1 Å². The van der Waals surface area contributed by atoms with Crippen molar-refractivity contribution in [3.8, 4) is 0 Å². The number of amides is 1. The number of allylic oxidation sites excluding steroid dienone is 2. The second-order valence-corrected chi connectivity index (χ2v) is 10.4. The number of hydrogen-bond acceptors (Lipinski definition) is 5. The molecule has 7 nitrogen and oxygen atoms in total. The van der Waals surface area contributed by atoms with E-state index in [0.717, 1.165) is 32.1 Å². The SMILES string of the molecule is Cc1ccc(NC(=O)COC(=O)[C@H]2C[C@H]3C=C[C@H]2C3)cc1S(=O)(=O)N1CCCCC1. The number of rotatable bonds is 6.